The van der Waals surface area contributed by atoms with Gasteiger partial charge in [-0.25, -0.2) is 9.97 Å². The maximum atomic E-state index is 6.58. The van der Waals surface area contributed by atoms with Gasteiger partial charge in [-0.2, -0.15) is 0 Å². The molecule has 0 unspecified atom stereocenters. The van der Waals surface area contributed by atoms with Crippen molar-refractivity contribution >= 4 is 21.9 Å². The molecule has 0 bridgehead atoms. The van der Waals surface area contributed by atoms with E-state index in [1.165, 1.54) is 11.1 Å². The minimum atomic E-state index is 0.709. The van der Waals surface area contributed by atoms with Crippen molar-refractivity contribution in [1.29, 1.82) is 0 Å². The fourth-order valence-electron chi connectivity index (χ4n) is 6.68. The maximum absolute atomic E-state index is 6.58. The second kappa shape index (κ2) is 12.2. The van der Waals surface area contributed by atoms with Crippen molar-refractivity contribution in [3.8, 4) is 67.3 Å². The molecule has 0 aliphatic heterocycles. The van der Waals surface area contributed by atoms with E-state index in [9.17, 15) is 0 Å². The van der Waals surface area contributed by atoms with Gasteiger partial charge in [0.15, 0.2) is 5.82 Å². The highest BCUT2D eigenvalue weighted by atomic mass is 16.3. The summed E-state index contributed by atoms with van der Waals surface area (Å²) in [4.78, 5) is 9.97. The standard InChI is InChI=1S/C46H30N2O/c1-4-13-31(14-5-1)36-27-28-44-41(29-36)40-22-12-21-39(45(40)49-44)38-20-11-10-19-37(38)32-23-25-34(26-24-32)43-30-42(33-15-6-2-7-16-33)47-46(48-43)35-17-8-3-9-18-35/h1-30H. The van der Waals surface area contributed by atoms with Crippen molar-refractivity contribution in [3.05, 3.63) is 182 Å². The monoisotopic (exact) mass is 626 g/mol. The van der Waals surface area contributed by atoms with Crippen molar-refractivity contribution in [2.75, 3.05) is 0 Å². The Kier molecular flexibility index (Phi) is 7.14. The van der Waals surface area contributed by atoms with E-state index >= 15 is 0 Å². The summed E-state index contributed by atoms with van der Waals surface area (Å²) >= 11 is 0. The number of hydrogen-bond acceptors (Lipinski definition) is 3. The van der Waals surface area contributed by atoms with Gasteiger partial charge in [-0.05, 0) is 46.0 Å². The molecule has 0 fully saturated rings. The Morgan fingerprint density at radius 1 is 0.327 bits per heavy atom. The third-order valence-electron chi connectivity index (χ3n) is 9.14. The molecule has 2 aromatic heterocycles. The first kappa shape index (κ1) is 28.6. The first-order chi connectivity index (χ1) is 24.3. The molecule has 0 radical (unpaired) electrons. The summed E-state index contributed by atoms with van der Waals surface area (Å²) in [6.07, 6.45) is 0. The van der Waals surface area contributed by atoms with E-state index in [4.69, 9.17) is 14.4 Å². The van der Waals surface area contributed by atoms with Gasteiger partial charge in [-0.1, -0.05) is 164 Å². The fraction of sp³-hybridized carbons (Fsp3) is 0. The van der Waals surface area contributed by atoms with E-state index in [1.54, 1.807) is 0 Å². The van der Waals surface area contributed by atoms with Crippen molar-refractivity contribution in [1.82, 2.24) is 9.97 Å². The molecule has 0 spiro atoms. The van der Waals surface area contributed by atoms with Gasteiger partial charge in [-0.15, -0.1) is 0 Å². The molecule has 9 aromatic rings. The number of para-hydroxylation sites is 1. The minimum absolute atomic E-state index is 0.709. The number of aromatic nitrogens is 2. The first-order valence-electron chi connectivity index (χ1n) is 16.5. The molecule has 9 rings (SSSR count). The van der Waals surface area contributed by atoms with Gasteiger partial charge >= 0.3 is 0 Å². The lowest BCUT2D eigenvalue weighted by molar-refractivity contribution is 0.670. The highest BCUT2D eigenvalue weighted by molar-refractivity contribution is 6.11. The van der Waals surface area contributed by atoms with Crippen LogP contribution >= 0.6 is 0 Å². The summed E-state index contributed by atoms with van der Waals surface area (Å²) < 4.78 is 6.58. The molecule has 0 aliphatic rings. The Balaban J connectivity index is 1.12. The zero-order chi connectivity index (χ0) is 32.6. The Hall–Kier alpha value is -6.58. The number of hydrogen-bond donors (Lipinski definition) is 0. The average Bonchev–Trinajstić information content (AvgIpc) is 3.57. The van der Waals surface area contributed by atoms with E-state index in [1.807, 2.05) is 42.5 Å². The molecule has 0 aliphatic carbocycles. The predicted molar refractivity (Wildman–Crippen MR) is 202 cm³/mol. The molecule has 3 heteroatoms. The average molecular weight is 627 g/mol. The normalized spacial score (nSPS) is 11.3. The topological polar surface area (TPSA) is 38.9 Å². The highest BCUT2D eigenvalue weighted by Crippen LogP contribution is 2.41. The van der Waals surface area contributed by atoms with Crippen molar-refractivity contribution in [2.24, 2.45) is 0 Å². The molecule has 0 saturated heterocycles. The van der Waals surface area contributed by atoms with Crippen molar-refractivity contribution < 1.29 is 4.42 Å². The zero-order valence-electron chi connectivity index (χ0n) is 26.6. The second-order valence-electron chi connectivity index (χ2n) is 12.2. The SMILES string of the molecule is c1ccc(-c2ccc3oc4c(-c5ccccc5-c5ccc(-c6cc(-c7ccccc7)nc(-c7ccccc7)n6)cc5)cccc4c3c2)cc1. The molecule has 2 heterocycles. The van der Waals surface area contributed by atoms with Crippen LogP contribution in [-0.4, -0.2) is 9.97 Å². The van der Waals surface area contributed by atoms with E-state index < -0.39 is 0 Å². The number of rotatable bonds is 6. The predicted octanol–water partition coefficient (Wildman–Crippen LogP) is 12.4. The van der Waals surface area contributed by atoms with Crippen LogP contribution in [0.5, 0.6) is 0 Å². The van der Waals surface area contributed by atoms with Gasteiger partial charge in [0, 0.05) is 33.0 Å². The quantitative estimate of drug-likeness (QED) is 0.184. The van der Waals surface area contributed by atoms with Crippen LogP contribution in [0.25, 0.3) is 89.2 Å². The molecule has 0 atom stereocenters. The van der Waals surface area contributed by atoms with Gasteiger partial charge in [0.25, 0.3) is 0 Å². The summed E-state index contributed by atoms with van der Waals surface area (Å²) in [6.45, 7) is 0. The van der Waals surface area contributed by atoms with Crippen LogP contribution in [0.1, 0.15) is 0 Å². The molecule has 3 nitrogen and oxygen atoms in total. The Morgan fingerprint density at radius 3 is 1.55 bits per heavy atom. The van der Waals surface area contributed by atoms with Crippen LogP contribution in [0.2, 0.25) is 0 Å². The molecule has 0 amide bonds. The zero-order valence-corrected chi connectivity index (χ0v) is 26.6. The van der Waals surface area contributed by atoms with E-state index in [2.05, 4.69) is 140 Å². The molecular formula is C46H30N2O. The van der Waals surface area contributed by atoms with E-state index in [0.29, 0.717) is 5.82 Å². The van der Waals surface area contributed by atoms with Crippen LogP contribution in [0.3, 0.4) is 0 Å². The Labute approximate surface area is 284 Å². The third-order valence-corrected chi connectivity index (χ3v) is 9.14. The van der Waals surface area contributed by atoms with Gasteiger partial charge in [0.1, 0.15) is 11.2 Å². The van der Waals surface area contributed by atoms with Gasteiger partial charge in [0.2, 0.25) is 0 Å². The van der Waals surface area contributed by atoms with Crippen molar-refractivity contribution in [2.45, 2.75) is 0 Å². The van der Waals surface area contributed by atoms with Crippen LogP contribution in [0.4, 0.5) is 0 Å². The molecule has 0 N–H and O–H groups in total. The van der Waals surface area contributed by atoms with Crippen LogP contribution < -0.4 is 0 Å². The number of furan rings is 1. The minimum Gasteiger partial charge on any atom is -0.455 e. The van der Waals surface area contributed by atoms with Gasteiger partial charge in [0.05, 0.1) is 11.4 Å². The molecule has 49 heavy (non-hydrogen) atoms. The third kappa shape index (κ3) is 5.38. The molecule has 7 aromatic carbocycles. The van der Waals surface area contributed by atoms with Crippen LogP contribution in [0.15, 0.2) is 186 Å². The summed E-state index contributed by atoms with van der Waals surface area (Å²) in [6, 6.07) is 63.2. The number of benzene rings is 7. The molecule has 230 valence electrons. The van der Waals surface area contributed by atoms with E-state index in [-0.39, 0.29) is 0 Å². The maximum Gasteiger partial charge on any atom is 0.160 e. The van der Waals surface area contributed by atoms with Crippen molar-refractivity contribution in [3.63, 3.8) is 0 Å². The van der Waals surface area contributed by atoms with Crippen LogP contribution in [0, 0.1) is 0 Å². The summed E-state index contributed by atoms with van der Waals surface area (Å²) in [5, 5.41) is 2.23. The lowest BCUT2D eigenvalue weighted by Crippen LogP contribution is -1.95. The van der Waals surface area contributed by atoms with Crippen LogP contribution in [-0.2, 0) is 0 Å². The fourth-order valence-corrected chi connectivity index (χ4v) is 6.68. The molecular weight excluding hydrogens is 597 g/mol. The second-order valence-corrected chi connectivity index (χ2v) is 12.2. The largest absolute Gasteiger partial charge is 0.455 e. The summed E-state index contributed by atoms with van der Waals surface area (Å²) in [5.41, 5.74) is 13.5. The van der Waals surface area contributed by atoms with E-state index in [0.717, 1.165) is 72.3 Å². The van der Waals surface area contributed by atoms with Gasteiger partial charge in [-0.3, -0.25) is 0 Å². The summed E-state index contributed by atoms with van der Waals surface area (Å²) in [5.74, 6) is 0.709. The molecule has 0 saturated carbocycles. The first-order valence-corrected chi connectivity index (χ1v) is 16.5. The number of nitrogens with zero attached hydrogens (tertiary/aromatic N) is 2. The lowest BCUT2D eigenvalue weighted by atomic mass is 9.92. The lowest BCUT2D eigenvalue weighted by Gasteiger charge is -2.12. The van der Waals surface area contributed by atoms with Gasteiger partial charge < -0.3 is 4.42 Å². The Bertz CT molecular complexity index is 2510. The number of fused-ring (bicyclic) bond motifs is 3. The highest BCUT2D eigenvalue weighted by Gasteiger charge is 2.17. The summed E-state index contributed by atoms with van der Waals surface area (Å²) in [7, 11) is 0. The smallest absolute Gasteiger partial charge is 0.160 e. The Morgan fingerprint density at radius 2 is 0.857 bits per heavy atom.